The predicted molar refractivity (Wildman–Crippen MR) is 110 cm³/mol. The maximum absolute atomic E-state index is 12.1. The van der Waals surface area contributed by atoms with Gasteiger partial charge in [0.2, 0.25) is 0 Å². The van der Waals surface area contributed by atoms with Gasteiger partial charge in [-0.2, -0.15) is 0 Å². The van der Waals surface area contributed by atoms with E-state index in [2.05, 4.69) is 33.5 Å². The van der Waals surface area contributed by atoms with Gasteiger partial charge in [-0.25, -0.2) is 0 Å². The minimum atomic E-state index is -0.445. The molecule has 0 radical (unpaired) electrons. The summed E-state index contributed by atoms with van der Waals surface area (Å²) in [5.41, 5.74) is 6.31. The van der Waals surface area contributed by atoms with Gasteiger partial charge in [-0.3, -0.25) is 10.1 Å². The Morgan fingerprint density at radius 3 is 2.50 bits per heavy atom. The minimum absolute atomic E-state index is 0.113. The van der Waals surface area contributed by atoms with E-state index in [-0.39, 0.29) is 11.7 Å². The molecule has 9 heteroatoms. The van der Waals surface area contributed by atoms with Crippen LogP contribution in [0.4, 0.5) is 0 Å². The average Bonchev–Trinajstić information content (AvgIpc) is 2.55. The van der Waals surface area contributed by atoms with Crippen molar-refractivity contribution in [1.82, 2.24) is 5.32 Å². The number of amides is 1. The first-order chi connectivity index (χ1) is 12.3. The molecule has 2 rings (SSSR count). The Morgan fingerprint density at radius 2 is 1.92 bits per heavy atom. The Balaban J connectivity index is 2.32. The fraction of sp³-hybridized carbons (Fsp3) is 0.176. The molecule has 0 fully saturated rings. The number of rotatable bonds is 6. The molecule has 0 saturated heterocycles. The maximum atomic E-state index is 12.1. The summed E-state index contributed by atoms with van der Waals surface area (Å²) in [4.78, 5) is 12.1. The molecule has 0 aliphatic rings. The van der Waals surface area contributed by atoms with Gasteiger partial charge >= 0.3 is 0 Å². The molecule has 138 valence electrons. The van der Waals surface area contributed by atoms with Crippen molar-refractivity contribution in [3.8, 4) is 11.5 Å². The van der Waals surface area contributed by atoms with E-state index in [1.165, 1.54) is 0 Å². The maximum Gasteiger partial charge on any atom is 0.257 e. The first kappa shape index (κ1) is 20.8. The summed E-state index contributed by atoms with van der Waals surface area (Å²) in [7, 11) is 0. The van der Waals surface area contributed by atoms with Gasteiger partial charge in [0.15, 0.2) is 16.6 Å². The van der Waals surface area contributed by atoms with Crippen molar-refractivity contribution in [2.24, 2.45) is 5.73 Å². The van der Waals surface area contributed by atoms with E-state index < -0.39 is 5.91 Å². The van der Waals surface area contributed by atoms with Crippen LogP contribution < -0.4 is 20.5 Å². The molecule has 2 aromatic carbocycles. The van der Waals surface area contributed by atoms with Crippen LogP contribution in [0.5, 0.6) is 11.5 Å². The lowest BCUT2D eigenvalue weighted by molar-refractivity contribution is 0.0977. The van der Waals surface area contributed by atoms with Crippen LogP contribution >= 0.6 is 51.3 Å². The van der Waals surface area contributed by atoms with Crippen molar-refractivity contribution < 1.29 is 14.3 Å². The number of halogens is 3. The van der Waals surface area contributed by atoms with Crippen LogP contribution in [0.2, 0.25) is 10.0 Å². The number of ether oxygens (including phenoxy) is 2. The lowest BCUT2D eigenvalue weighted by Crippen LogP contribution is -2.34. The summed E-state index contributed by atoms with van der Waals surface area (Å²) in [6.45, 7) is 2.34. The molecule has 5 nitrogen and oxygen atoms in total. The normalized spacial score (nSPS) is 10.3. The second kappa shape index (κ2) is 9.41. The van der Waals surface area contributed by atoms with E-state index >= 15 is 0 Å². The molecule has 1 amide bonds. The number of nitrogens with one attached hydrogen (secondary N) is 1. The quantitative estimate of drug-likeness (QED) is 0.589. The highest BCUT2D eigenvalue weighted by Gasteiger charge is 2.17. The Kier molecular flexibility index (Phi) is 7.52. The summed E-state index contributed by atoms with van der Waals surface area (Å²) >= 11 is 20.4. The van der Waals surface area contributed by atoms with Gasteiger partial charge in [0.05, 0.1) is 11.1 Å². The second-order valence-electron chi connectivity index (χ2n) is 5.03. The molecule has 26 heavy (non-hydrogen) atoms. The molecule has 0 heterocycles. The summed E-state index contributed by atoms with van der Waals surface area (Å²) in [6, 6.07) is 8.34. The van der Waals surface area contributed by atoms with Crippen LogP contribution in [-0.2, 0) is 6.61 Å². The first-order valence-corrected chi connectivity index (χ1v) is 9.42. The summed E-state index contributed by atoms with van der Waals surface area (Å²) in [6.07, 6.45) is 0. The highest BCUT2D eigenvalue weighted by molar-refractivity contribution is 9.10. The van der Waals surface area contributed by atoms with Gasteiger partial charge in [0, 0.05) is 21.2 Å². The molecule has 0 aromatic heterocycles. The number of hydrogen-bond donors (Lipinski definition) is 2. The van der Waals surface area contributed by atoms with E-state index in [0.29, 0.717) is 43.8 Å². The van der Waals surface area contributed by atoms with E-state index in [1.807, 2.05) is 6.92 Å². The fourth-order valence-electron chi connectivity index (χ4n) is 2.10. The predicted octanol–water partition coefficient (Wildman–Crippen LogP) is 4.71. The zero-order chi connectivity index (χ0) is 19.3. The van der Waals surface area contributed by atoms with Gasteiger partial charge in [0.1, 0.15) is 6.61 Å². The highest BCUT2D eigenvalue weighted by Crippen LogP contribution is 2.38. The van der Waals surface area contributed by atoms with E-state index in [0.717, 1.165) is 0 Å². The van der Waals surface area contributed by atoms with Crippen molar-refractivity contribution in [1.29, 1.82) is 0 Å². The first-order valence-electron chi connectivity index (χ1n) is 7.46. The molecular weight excluding hydrogens is 463 g/mol. The minimum Gasteiger partial charge on any atom is -0.490 e. The van der Waals surface area contributed by atoms with Crippen molar-refractivity contribution in [2.75, 3.05) is 6.61 Å². The van der Waals surface area contributed by atoms with E-state index in [4.69, 9.17) is 38.4 Å². The lowest BCUT2D eigenvalue weighted by Gasteiger charge is -2.16. The molecule has 2 aromatic rings. The summed E-state index contributed by atoms with van der Waals surface area (Å²) in [5.74, 6) is 0.368. The van der Waals surface area contributed by atoms with Crippen molar-refractivity contribution in [2.45, 2.75) is 13.5 Å². The Labute approximate surface area is 174 Å². The van der Waals surface area contributed by atoms with Crippen molar-refractivity contribution >= 4 is 62.4 Å². The molecule has 0 bridgehead atoms. The third-order valence-electron chi connectivity index (χ3n) is 3.23. The number of benzene rings is 2. The molecule has 0 spiro atoms. The molecule has 3 N–H and O–H groups in total. The fourth-order valence-corrected chi connectivity index (χ4v) is 3.26. The molecule has 0 atom stereocenters. The van der Waals surface area contributed by atoms with Gasteiger partial charge in [-0.1, -0.05) is 29.3 Å². The smallest absolute Gasteiger partial charge is 0.257 e. The topological polar surface area (TPSA) is 73.6 Å². The monoisotopic (exact) mass is 476 g/mol. The zero-order valence-electron chi connectivity index (χ0n) is 13.6. The molecule has 0 saturated carbocycles. The Morgan fingerprint density at radius 1 is 1.27 bits per heavy atom. The van der Waals surface area contributed by atoms with Gasteiger partial charge in [-0.15, -0.1) is 0 Å². The van der Waals surface area contributed by atoms with Crippen LogP contribution in [0.15, 0.2) is 34.8 Å². The Hall–Kier alpha value is -1.54. The van der Waals surface area contributed by atoms with E-state index in [9.17, 15) is 4.79 Å². The third-order valence-corrected chi connectivity index (χ3v) is 4.63. The van der Waals surface area contributed by atoms with Crippen LogP contribution in [0.1, 0.15) is 22.8 Å². The van der Waals surface area contributed by atoms with Crippen molar-refractivity contribution in [3.05, 3.63) is 56.0 Å². The molecule has 0 aliphatic carbocycles. The lowest BCUT2D eigenvalue weighted by atomic mass is 10.2. The van der Waals surface area contributed by atoms with Crippen molar-refractivity contribution in [3.63, 3.8) is 0 Å². The third kappa shape index (κ3) is 5.23. The van der Waals surface area contributed by atoms with E-state index in [1.54, 1.807) is 30.3 Å². The number of carbonyl (C=O) groups is 1. The highest BCUT2D eigenvalue weighted by atomic mass is 79.9. The number of nitrogens with two attached hydrogens (primary N) is 1. The Bertz CT molecular complexity index is 829. The van der Waals surface area contributed by atoms with Crippen LogP contribution in [-0.4, -0.2) is 17.6 Å². The number of thiocarbonyl (C=S) groups is 1. The van der Waals surface area contributed by atoms with Gasteiger partial charge in [-0.05, 0) is 59.3 Å². The molecule has 0 aliphatic heterocycles. The molecule has 0 unspecified atom stereocenters. The summed E-state index contributed by atoms with van der Waals surface area (Å²) in [5, 5.41) is 3.25. The second-order valence-corrected chi connectivity index (χ2v) is 7.13. The summed E-state index contributed by atoms with van der Waals surface area (Å²) < 4.78 is 12.0. The average molecular weight is 478 g/mol. The largest absolute Gasteiger partial charge is 0.490 e. The zero-order valence-corrected chi connectivity index (χ0v) is 17.6. The SMILES string of the molecule is CCOc1cc(C(=O)NC(N)=S)cc(Br)c1OCc1c(Cl)cccc1Cl. The van der Waals surface area contributed by atoms with Gasteiger partial charge < -0.3 is 15.2 Å². The standard InChI is InChI=1S/C17H15BrCl2N2O3S/c1-2-24-14-7-9(16(23)22-17(21)26)6-11(18)15(14)25-8-10-12(19)4-3-5-13(10)20/h3-7H,2,8H2,1H3,(H3,21,22,23,26). The van der Waals surface area contributed by atoms with Crippen LogP contribution in [0.3, 0.4) is 0 Å². The van der Waals surface area contributed by atoms with Crippen LogP contribution in [0.25, 0.3) is 0 Å². The van der Waals surface area contributed by atoms with Gasteiger partial charge in [0.25, 0.3) is 5.91 Å². The molecular formula is C17H15BrCl2N2O3S. The number of carbonyl (C=O) groups excluding carboxylic acids is 1. The van der Waals surface area contributed by atoms with Crippen LogP contribution in [0, 0.1) is 0 Å². The number of hydrogen-bond acceptors (Lipinski definition) is 4.